The molecular formula is C44H56N6O3. The molecule has 5 aliphatic carbocycles. The minimum absolute atomic E-state index is 0.0178. The van der Waals surface area contributed by atoms with Crippen molar-refractivity contribution in [1.82, 2.24) is 25.0 Å². The smallest absolute Gasteiger partial charge is 0.220 e. The minimum atomic E-state index is 0.0178. The predicted molar refractivity (Wildman–Crippen MR) is 210 cm³/mol. The second-order valence-electron chi connectivity index (χ2n) is 17.2. The standard InChI is InChI=1S/C44H56N6O3/c1-27(2)50-40-23-33(22-38(39(40)26-47-50)41(51)7-6-36-29(4)15-28(3)16-42(36)52)32-5-8-43(46-25-32)49-13-11-48(12-14-49)10-9-45-44(53)24-37-34-18-30-17-31(20-34)21-35(37)19-30/h5,8,15,22-23,25-27,30-31,34-35,37H,6-7,9-14,16-21,24H2,1-4H3,(H,45,53). The molecule has 2 aromatic heterocycles. The summed E-state index contributed by atoms with van der Waals surface area (Å²) in [4.78, 5) is 49.2. The summed E-state index contributed by atoms with van der Waals surface area (Å²) >= 11 is 0. The number of ketones is 2. The van der Waals surface area contributed by atoms with E-state index in [2.05, 4.69) is 58.3 Å². The summed E-state index contributed by atoms with van der Waals surface area (Å²) in [5, 5.41) is 8.75. The van der Waals surface area contributed by atoms with Crippen LogP contribution in [0.25, 0.3) is 22.0 Å². The Bertz CT molecular complexity index is 1920. The summed E-state index contributed by atoms with van der Waals surface area (Å²) in [6.45, 7) is 13.4. The molecule has 4 saturated carbocycles. The highest BCUT2D eigenvalue weighted by molar-refractivity contribution is 6.09. The van der Waals surface area contributed by atoms with Crippen molar-refractivity contribution in [1.29, 1.82) is 0 Å². The zero-order valence-corrected chi connectivity index (χ0v) is 32.1. The van der Waals surface area contributed by atoms with Gasteiger partial charge in [-0.15, -0.1) is 0 Å². The molecule has 1 aliphatic heterocycles. The molecule has 6 aliphatic rings. The third-order valence-electron chi connectivity index (χ3n) is 13.2. The van der Waals surface area contributed by atoms with Gasteiger partial charge in [0.1, 0.15) is 5.82 Å². The number of allylic oxidation sites excluding steroid dienone is 4. The summed E-state index contributed by atoms with van der Waals surface area (Å²) in [6, 6.07) is 8.41. The van der Waals surface area contributed by atoms with Gasteiger partial charge in [-0.05, 0) is 137 Å². The molecule has 9 rings (SSSR count). The molecule has 9 heteroatoms. The first kappa shape index (κ1) is 35.9. The average molecular weight is 717 g/mol. The Balaban J connectivity index is 0.872. The topological polar surface area (TPSA) is 100 Å². The molecule has 53 heavy (non-hydrogen) atoms. The van der Waals surface area contributed by atoms with Crippen LogP contribution in [0.2, 0.25) is 0 Å². The van der Waals surface area contributed by atoms with Crippen LogP contribution in [0.3, 0.4) is 0 Å². The lowest BCUT2D eigenvalue weighted by atomic mass is 9.51. The molecular weight excluding hydrogens is 661 g/mol. The van der Waals surface area contributed by atoms with Crippen LogP contribution in [0.1, 0.15) is 102 Å². The number of benzene rings is 1. The molecule has 0 unspecified atom stereocenters. The van der Waals surface area contributed by atoms with Gasteiger partial charge in [0, 0.05) is 87.3 Å². The van der Waals surface area contributed by atoms with Crippen molar-refractivity contribution in [3.8, 4) is 11.1 Å². The number of amides is 1. The van der Waals surface area contributed by atoms with Gasteiger partial charge in [0.25, 0.3) is 0 Å². The number of aromatic nitrogens is 3. The molecule has 280 valence electrons. The fraction of sp³-hybridized carbons (Fsp3) is 0.568. The summed E-state index contributed by atoms with van der Waals surface area (Å²) in [7, 11) is 0. The highest BCUT2D eigenvalue weighted by atomic mass is 16.1. The van der Waals surface area contributed by atoms with Crippen molar-refractivity contribution in [3.05, 3.63) is 65.0 Å². The van der Waals surface area contributed by atoms with E-state index >= 15 is 0 Å². The quantitative estimate of drug-likeness (QED) is 0.193. The Morgan fingerprint density at radius 2 is 1.66 bits per heavy atom. The Morgan fingerprint density at radius 1 is 0.925 bits per heavy atom. The molecule has 1 amide bonds. The highest BCUT2D eigenvalue weighted by Gasteiger charge is 2.48. The van der Waals surface area contributed by atoms with Crippen LogP contribution in [-0.4, -0.2) is 76.4 Å². The third-order valence-corrected chi connectivity index (χ3v) is 13.2. The average Bonchev–Trinajstić information content (AvgIpc) is 3.57. The van der Waals surface area contributed by atoms with Crippen LogP contribution >= 0.6 is 0 Å². The second kappa shape index (κ2) is 15.0. The van der Waals surface area contributed by atoms with E-state index in [0.717, 1.165) is 114 Å². The Hall–Kier alpha value is -4.11. The maximum atomic E-state index is 13.8. The number of anilines is 1. The molecule has 3 aromatic rings. The van der Waals surface area contributed by atoms with Gasteiger partial charge < -0.3 is 10.2 Å². The van der Waals surface area contributed by atoms with Crippen molar-refractivity contribution in [2.24, 2.45) is 29.6 Å². The molecule has 1 aromatic carbocycles. The summed E-state index contributed by atoms with van der Waals surface area (Å²) in [5.74, 6) is 5.47. The molecule has 1 saturated heterocycles. The largest absolute Gasteiger partial charge is 0.355 e. The van der Waals surface area contributed by atoms with Gasteiger partial charge >= 0.3 is 0 Å². The van der Waals surface area contributed by atoms with Crippen LogP contribution in [0, 0.1) is 29.6 Å². The Kier molecular flexibility index (Phi) is 10.1. The first-order valence-electron chi connectivity index (χ1n) is 20.2. The number of rotatable bonds is 12. The Morgan fingerprint density at radius 3 is 2.32 bits per heavy atom. The van der Waals surface area contributed by atoms with Gasteiger partial charge in [-0.25, -0.2) is 4.98 Å². The number of hydrogen-bond donors (Lipinski definition) is 1. The van der Waals surface area contributed by atoms with Crippen LogP contribution in [-0.2, 0) is 9.59 Å². The van der Waals surface area contributed by atoms with Crippen molar-refractivity contribution in [2.75, 3.05) is 44.2 Å². The third kappa shape index (κ3) is 7.51. The summed E-state index contributed by atoms with van der Waals surface area (Å²) in [6.07, 6.45) is 14.6. The molecule has 4 bridgehead atoms. The number of hydrogen-bond acceptors (Lipinski definition) is 7. The number of carbonyl (C=O) groups is 3. The molecule has 3 heterocycles. The highest BCUT2D eigenvalue weighted by Crippen LogP contribution is 2.57. The van der Waals surface area contributed by atoms with Crippen molar-refractivity contribution in [2.45, 2.75) is 91.5 Å². The van der Waals surface area contributed by atoms with Crippen LogP contribution in [0.15, 0.2) is 59.5 Å². The number of nitrogens with one attached hydrogen (secondary N) is 1. The lowest BCUT2D eigenvalue weighted by Gasteiger charge is -2.54. The number of Topliss-reactive ketones (excluding diaryl/α,β-unsaturated/α-hetero) is 2. The van der Waals surface area contributed by atoms with E-state index < -0.39 is 0 Å². The number of nitrogens with zero attached hydrogens (tertiary/aromatic N) is 5. The molecule has 0 spiro atoms. The van der Waals surface area contributed by atoms with E-state index in [4.69, 9.17) is 4.98 Å². The molecule has 5 fully saturated rings. The van der Waals surface area contributed by atoms with Gasteiger partial charge in [-0.1, -0.05) is 11.6 Å². The number of carbonyl (C=O) groups excluding carboxylic acids is 3. The van der Waals surface area contributed by atoms with Gasteiger partial charge in [-0.2, -0.15) is 5.10 Å². The van der Waals surface area contributed by atoms with E-state index in [1.165, 1.54) is 32.1 Å². The lowest BCUT2D eigenvalue weighted by Crippen LogP contribution is -2.49. The summed E-state index contributed by atoms with van der Waals surface area (Å²) < 4.78 is 1.97. The first-order valence-corrected chi connectivity index (χ1v) is 20.2. The Labute approximate surface area is 314 Å². The number of piperazine rings is 1. The normalized spacial score (nSPS) is 25.8. The number of pyridine rings is 1. The van der Waals surface area contributed by atoms with Crippen molar-refractivity contribution < 1.29 is 14.4 Å². The van der Waals surface area contributed by atoms with Crippen LogP contribution in [0.5, 0.6) is 0 Å². The maximum absolute atomic E-state index is 13.8. The van der Waals surface area contributed by atoms with E-state index in [0.29, 0.717) is 24.3 Å². The second-order valence-corrected chi connectivity index (χ2v) is 17.2. The fourth-order valence-corrected chi connectivity index (χ4v) is 10.7. The SMILES string of the molecule is CC1=CC(C)=C(CCC(=O)c2cc(-c3ccc(N4CCN(CCNC(=O)CC5C6CC7CC(C6)CC5C7)CC4)nc3)cc3c2cnn3C(C)C)C(=O)C1. The van der Waals surface area contributed by atoms with Crippen LogP contribution < -0.4 is 10.2 Å². The monoisotopic (exact) mass is 716 g/mol. The minimum Gasteiger partial charge on any atom is -0.355 e. The number of fused-ring (bicyclic) bond motifs is 1. The first-order chi connectivity index (χ1) is 25.6. The van der Waals surface area contributed by atoms with Crippen molar-refractivity contribution in [3.63, 3.8) is 0 Å². The van der Waals surface area contributed by atoms with E-state index in [1.807, 2.05) is 30.8 Å². The zero-order chi connectivity index (χ0) is 36.8. The van der Waals surface area contributed by atoms with Gasteiger partial charge in [0.05, 0.1) is 11.7 Å². The fourth-order valence-electron chi connectivity index (χ4n) is 10.7. The van der Waals surface area contributed by atoms with E-state index in [1.54, 1.807) is 6.20 Å². The molecule has 9 nitrogen and oxygen atoms in total. The van der Waals surface area contributed by atoms with E-state index in [-0.39, 0.29) is 29.9 Å². The predicted octanol–water partition coefficient (Wildman–Crippen LogP) is 7.58. The molecule has 0 radical (unpaired) electrons. The van der Waals surface area contributed by atoms with Gasteiger partial charge in [0.2, 0.25) is 5.91 Å². The van der Waals surface area contributed by atoms with Crippen molar-refractivity contribution >= 4 is 34.2 Å². The van der Waals surface area contributed by atoms with Gasteiger partial charge in [0.15, 0.2) is 11.6 Å². The van der Waals surface area contributed by atoms with Crippen LogP contribution in [0.4, 0.5) is 5.82 Å². The molecule has 1 N–H and O–H groups in total. The molecule has 0 atom stereocenters. The lowest BCUT2D eigenvalue weighted by molar-refractivity contribution is -0.126. The zero-order valence-electron chi connectivity index (χ0n) is 32.1. The maximum Gasteiger partial charge on any atom is 0.220 e. The summed E-state index contributed by atoms with van der Waals surface area (Å²) in [5.41, 5.74) is 6.25. The van der Waals surface area contributed by atoms with Gasteiger partial charge in [-0.3, -0.25) is 24.0 Å². The van der Waals surface area contributed by atoms with E-state index in [9.17, 15) is 14.4 Å².